The van der Waals surface area contributed by atoms with Gasteiger partial charge in [-0.15, -0.1) is 0 Å². The zero-order chi connectivity index (χ0) is 12.3. The topological polar surface area (TPSA) is 26.0 Å². The lowest BCUT2D eigenvalue weighted by Gasteiger charge is -2.16. The van der Waals surface area contributed by atoms with Crippen LogP contribution in [-0.2, 0) is 0 Å². The Morgan fingerprint density at radius 1 is 1.00 bits per heavy atom. The molecule has 0 aliphatic heterocycles. The molecule has 0 aliphatic carbocycles. The van der Waals surface area contributed by atoms with Gasteiger partial charge >= 0.3 is 0 Å². The van der Waals surface area contributed by atoms with Crippen LogP contribution in [0.4, 0.5) is 8.78 Å². The number of benzene rings is 2. The lowest BCUT2D eigenvalue weighted by atomic mass is 9.91. The summed E-state index contributed by atoms with van der Waals surface area (Å²) >= 11 is 0. The van der Waals surface area contributed by atoms with Crippen molar-refractivity contribution in [3.8, 4) is 0 Å². The molecule has 0 saturated carbocycles. The fraction of sp³-hybridized carbons (Fsp3) is 0.143. The zero-order valence-corrected chi connectivity index (χ0v) is 9.24. The molecule has 0 bridgehead atoms. The fourth-order valence-corrected chi connectivity index (χ4v) is 1.91. The lowest BCUT2D eigenvalue weighted by Crippen LogP contribution is -2.15. The number of rotatable bonds is 3. The summed E-state index contributed by atoms with van der Waals surface area (Å²) in [7, 11) is 0. The molecule has 88 valence electrons. The predicted molar refractivity (Wildman–Crippen MR) is 63.7 cm³/mol. The summed E-state index contributed by atoms with van der Waals surface area (Å²) in [5.41, 5.74) is 6.86. The van der Waals surface area contributed by atoms with Gasteiger partial charge in [-0.25, -0.2) is 8.78 Å². The van der Waals surface area contributed by atoms with Gasteiger partial charge in [0.25, 0.3) is 0 Å². The third kappa shape index (κ3) is 2.50. The lowest BCUT2D eigenvalue weighted by molar-refractivity contribution is 0.575. The highest BCUT2D eigenvalue weighted by atomic mass is 19.1. The molecule has 1 unspecified atom stereocenters. The SMILES string of the molecule is NCC(c1ccccc1)c1cc(F)ccc1F. The Kier molecular flexibility index (Phi) is 3.49. The Hall–Kier alpha value is -1.74. The average molecular weight is 233 g/mol. The van der Waals surface area contributed by atoms with Gasteiger partial charge in [0.2, 0.25) is 0 Å². The summed E-state index contributed by atoms with van der Waals surface area (Å²) in [5, 5.41) is 0. The van der Waals surface area contributed by atoms with Crippen molar-refractivity contribution >= 4 is 0 Å². The molecule has 1 atom stereocenters. The minimum atomic E-state index is -0.448. The molecule has 3 heteroatoms. The van der Waals surface area contributed by atoms with E-state index in [-0.39, 0.29) is 12.5 Å². The maximum Gasteiger partial charge on any atom is 0.127 e. The Morgan fingerprint density at radius 3 is 2.35 bits per heavy atom. The maximum absolute atomic E-state index is 13.7. The van der Waals surface area contributed by atoms with Crippen LogP contribution in [-0.4, -0.2) is 6.54 Å². The predicted octanol–water partition coefficient (Wildman–Crippen LogP) is 3.06. The average Bonchev–Trinajstić information content (AvgIpc) is 2.36. The van der Waals surface area contributed by atoms with Crippen molar-refractivity contribution < 1.29 is 8.78 Å². The van der Waals surface area contributed by atoms with E-state index in [4.69, 9.17) is 5.73 Å². The van der Waals surface area contributed by atoms with Gasteiger partial charge in [0.05, 0.1) is 0 Å². The first kappa shape index (κ1) is 11.7. The molecule has 0 heterocycles. The molecule has 0 fully saturated rings. The summed E-state index contributed by atoms with van der Waals surface area (Å²) < 4.78 is 26.8. The molecule has 0 amide bonds. The first-order valence-electron chi connectivity index (χ1n) is 5.42. The third-order valence-corrected chi connectivity index (χ3v) is 2.77. The second-order valence-corrected chi connectivity index (χ2v) is 3.86. The van der Waals surface area contributed by atoms with Gasteiger partial charge in [-0.2, -0.15) is 0 Å². The second kappa shape index (κ2) is 5.06. The van der Waals surface area contributed by atoms with Gasteiger partial charge in [0.1, 0.15) is 11.6 Å². The molecule has 0 radical (unpaired) electrons. The van der Waals surface area contributed by atoms with Crippen LogP contribution in [0, 0.1) is 11.6 Å². The highest BCUT2D eigenvalue weighted by Gasteiger charge is 2.16. The van der Waals surface area contributed by atoms with Crippen molar-refractivity contribution in [2.45, 2.75) is 5.92 Å². The van der Waals surface area contributed by atoms with E-state index in [0.29, 0.717) is 5.56 Å². The van der Waals surface area contributed by atoms with Crippen LogP contribution in [0.3, 0.4) is 0 Å². The van der Waals surface area contributed by atoms with Gasteiger partial charge in [-0.3, -0.25) is 0 Å². The zero-order valence-electron chi connectivity index (χ0n) is 9.24. The third-order valence-electron chi connectivity index (χ3n) is 2.77. The smallest absolute Gasteiger partial charge is 0.127 e. The molecule has 0 saturated heterocycles. The minimum Gasteiger partial charge on any atom is -0.330 e. The molecule has 0 spiro atoms. The van der Waals surface area contributed by atoms with Crippen molar-refractivity contribution in [1.29, 1.82) is 0 Å². The van der Waals surface area contributed by atoms with Crippen molar-refractivity contribution in [2.75, 3.05) is 6.54 Å². The van der Waals surface area contributed by atoms with Gasteiger partial charge < -0.3 is 5.73 Å². The van der Waals surface area contributed by atoms with E-state index in [1.807, 2.05) is 30.3 Å². The molecular weight excluding hydrogens is 220 g/mol. The standard InChI is InChI=1S/C14H13F2N/c15-11-6-7-14(16)12(8-11)13(9-17)10-4-2-1-3-5-10/h1-8,13H,9,17H2. The summed E-state index contributed by atoms with van der Waals surface area (Å²) in [5.74, 6) is -1.19. The van der Waals surface area contributed by atoms with E-state index >= 15 is 0 Å². The summed E-state index contributed by atoms with van der Waals surface area (Å²) in [6, 6.07) is 12.8. The van der Waals surface area contributed by atoms with Crippen molar-refractivity contribution in [2.24, 2.45) is 5.73 Å². The van der Waals surface area contributed by atoms with E-state index in [1.54, 1.807) is 0 Å². The molecule has 0 aromatic heterocycles. The summed E-state index contributed by atoms with van der Waals surface area (Å²) in [6.45, 7) is 0.240. The van der Waals surface area contributed by atoms with Crippen LogP contribution < -0.4 is 5.73 Å². The molecule has 1 nitrogen and oxygen atoms in total. The highest BCUT2D eigenvalue weighted by Crippen LogP contribution is 2.26. The Morgan fingerprint density at radius 2 is 1.71 bits per heavy atom. The number of hydrogen-bond donors (Lipinski definition) is 1. The molecule has 2 aromatic carbocycles. The fourth-order valence-electron chi connectivity index (χ4n) is 1.91. The van der Waals surface area contributed by atoms with Crippen LogP contribution in [0.15, 0.2) is 48.5 Å². The number of halogens is 2. The Labute approximate surface area is 98.9 Å². The molecule has 2 rings (SSSR count). The minimum absolute atomic E-state index is 0.240. The van der Waals surface area contributed by atoms with Gasteiger partial charge in [0, 0.05) is 12.5 Å². The molecule has 2 aromatic rings. The van der Waals surface area contributed by atoms with Crippen LogP contribution in [0.1, 0.15) is 17.0 Å². The van der Waals surface area contributed by atoms with E-state index in [9.17, 15) is 8.78 Å². The summed E-state index contributed by atoms with van der Waals surface area (Å²) in [4.78, 5) is 0. The quantitative estimate of drug-likeness (QED) is 0.866. The molecular formula is C14H13F2N. The molecule has 0 aliphatic rings. The van der Waals surface area contributed by atoms with Gasteiger partial charge in [-0.1, -0.05) is 30.3 Å². The van der Waals surface area contributed by atoms with Crippen molar-refractivity contribution in [1.82, 2.24) is 0 Å². The summed E-state index contributed by atoms with van der Waals surface area (Å²) in [6.07, 6.45) is 0. The van der Waals surface area contributed by atoms with Crippen LogP contribution >= 0.6 is 0 Å². The van der Waals surface area contributed by atoms with E-state index in [0.717, 1.165) is 17.7 Å². The van der Waals surface area contributed by atoms with Crippen LogP contribution in [0.2, 0.25) is 0 Å². The highest BCUT2D eigenvalue weighted by molar-refractivity contribution is 5.34. The van der Waals surface area contributed by atoms with E-state index < -0.39 is 11.6 Å². The van der Waals surface area contributed by atoms with Gasteiger partial charge in [-0.05, 0) is 29.3 Å². The largest absolute Gasteiger partial charge is 0.330 e. The number of nitrogens with two attached hydrogens (primary N) is 1. The number of hydrogen-bond acceptors (Lipinski definition) is 1. The van der Waals surface area contributed by atoms with E-state index in [1.165, 1.54) is 6.07 Å². The maximum atomic E-state index is 13.7. The van der Waals surface area contributed by atoms with Crippen LogP contribution in [0.25, 0.3) is 0 Å². The Bertz CT molecular complexity index is 497. The van der Waals surface area contributed by atoms with Crippen LogP contribution in [0.5, 0.6) is 0 Å². The van der Waals surface area contributed by atoms with Gasteiger partial charge in [0.15, 0.2) is 0 Å². The first-order valence-corrected chi connectivity index (χ1v) is 5.42. The normalized spacial score (nSPS) is 12.4. The van der Waals surface area contributed by atoms with Crippen molar-refractivity contribution in [3.63, 3.8) is 0 Å². The second-order valence-electron chi connectivity index (χ2n) is 3.86. The molecule has 2 N–H and O–H groups in total. The Balaban J connectivity index is 2.46. The van der Waals surface area contributed by atoms with E-state index in [2.05, 4.69) is 0 Å². The first-order chi connectivity index (χ1) is 8.22. The monoisotopic (exact) mass is 233 g/mol. The molecule has 17 heavy (non-hydrogen) atoms. The van der Waals surface area contributed by atoms with Crippen molar-refractivity contribution in [3.05, 3.63) is 71.3 Å².